The van der Waals surface area contributed by atoms with Gasteiger partial charge in [0.05, 0.1) is 18.8 Å². The minimum absolute atomic E-state index is 0.00989. The smallest absolute Gasteiger partial charge is 0.247 e. The van der Waals surface area contributed by atoms with E-state index < -0.39 is 11.8 Å². The van der Waals surface area contributed by atoms with E-state index in [4.69, 9.17) is 4.98 Å². The van der Waals surface area contributed by atoms with Gasteiger partial charge in [-0.25, -0.2) is 14.4 Å². The van der Waals surface area contributed by atoms with Crippen molar-refractivity contribution in [2.45, 2.75) is 64.3 Å². The van der Waals surface area contributed by atoms with Crippen LogP contribution in [0.4, 0.5) is 27.8 Å². The van der Waals surface area contributed by atoms with Crippen LogP contribution in [0.2, 0.25) is 0 Å². The topological polar surface area (TPSA) is 103 Å². The Balaban J connectivity index is 1.44. The molecular formula is C24H31FN8O. The number of anilines is 4. The van der Waals surface area contributed by atoms with Crippen molar-refractivity contribution in [1.29, 1.82) is 0 Å². The van der Waals surface area contributed by atoms with Crippen molar-refractivity contribution >= 4 is 34.2 Å². The summed E-state index contributed by atoms with van der Waals surface area (Å²) < 4.78 is 14.6. The first-order valence-corrected chi connectivity index (χ1v) is 11.9. The molecular weight excluding hydrogens is 435 g/mol. The Bertz CT molecular complexity index is 1200. The van der Waals surface area contributed by atoms with E-state index in [2.05, 4.69) is 51.2 Å². The molecule has 2 aliphatic rings. The number of aliphatic hydroxyl groups is 1. The molecule has 10 heteroatoms. The molecule has 0 spiro atoms. The molecule has 3 atom stereocenters. The molecule has 5 heterocycles. The molecule has 180 valence electrons. The van der Waals surface area contributed by atoms with Crippen molar-refractivity contribution < 1.29 is 9.50 Å². The van der Waals surface area contributed by atoms with Crippen LogP contribution in [-0.4, -0.2) is 67.7 Å². The molecule has 9 nitrogen and oxygen atoms in total. The maximum atomic E-state index is 14.6. The molecule has 0 saturated carbocycles. The third-order valence-electron chi connectivity index (χ3n) is 6.95. The lowest BCUT2D eigenvalue weighted by molar-refractivity contribution is -0.00863. The number of aromatic nitrogens is 5. The van der Waals surface area contributed by atoms with Crippen molar-refractivity contribution in [3.63, 3.8) is 0 Å². The second-order valence-corrected chi connectivity index (χ2v) is 9.91. The fraction of sp³-hybridized carbons (Fsp3) is 0.542. The summed E-state index contributed by atoms with van der Waals surface area (Å²) in [5, 5.41) is 23.4. The van der Waals surface area contributed by atoms with Gasteiger partial charge in [-0.1, -0.05) is 13.8 Å². The predicted molar refractivity (Wildman–Crippen MR) is 131 cm³/mol. The highest BCUT2D eigenvalue weighted by molar-refractivity contribution is 5.96. The summed E-state index contributed by atoms with van der Waals surface area (Å²) in [7, 11) is 0. The van der Waals surface area contributed by atoms with Crippen LogP contribution in [0.25, 0.3) is 10.8 Å². The number of aliphatic hydroxyl groups excluding tert-OH is 1. The van der Waals surface area contributed by atoms with Crippen LogP contribution in [0, 0.1) is 0 Å². The van der Waals surface area contributed by atoms with Crippen LogP contribution in [-0.2, 0) is 0 Å². The second-order valence-electron chi connectivity index (χ2n) is 9.91. The molecule has 0 amide bonds. The largest absolute Gasteiger partial charge is 0.390 e. The fourth-order valence-electron chi connectivity index (χ4n) is 4.66. The number of hydrogen-bond acceptors (Lipinski definition) is 9. The first-order chi connectivity index (χ1) is 16.2. The Morgan fingerprint density at radius 2 is 1.94 bits per heavy atom. The van der Waals surface area contributed by atoms with E-state index >= 15 is 0 Å². The van der Waals surface area contributed by atoms with Gasteiger partial charge in [0.15, 0.2) is 11.5 Å². The van der Waals surface area contributed by atoms with E-state index in [1.54, 1.807) is 4.90 Å². The number of alkyl halides is 1. The highest BCUT2D eigenvalue weighted by atomic mass is 19.1. The molecule has 2 N–H and O–H groups in total. The highest BCUT2D eigenvalue weighted by Crippen LogP contribution is 2.35. The van der Waals surface area contributed by atoms with Gasteiger partial charge in [-0.05, 0) is 49.6 Å². The summed E-state index contributed by atoms with van der Waals surface area (Å²) in [6.07, 6.45) is 5.85. The molecule has 0 aliphatic carbocycles. The summed E-state index contributed by atoms with van der Waals surface area (Å²) in [6, 6.07) is 2.50. The molecule has 5 rings (SSSR count). The number of halogens is 1. The van der Waals surface area contributed by atoms with Crippen LogP contribution in [0.5, 0.6) is 0 Å². The van der Waals surface area contributed by atoms with Crippen molar-refractivity contribution in [3.8, 4) is 0 Å². The number of hydrogen-bond donors (Lipinski definition) is 2. The van der Waals surface area contributed by atoms with Gasteiger partial charge in [-0.2, -0.15) is 10.1 Å². The SMILES string of the molecule is CC(C)c1cnc(N2CC[C@H]2C)c2cnc(Nc3cnnc(N4CC[C@@H](O)[C@@](C)(F)C4)n3)cc12. The number of nitrogens with zero attached hydrogens (tertiary/aromatic N) is 7. The summed E-state index contributed by atoms with van der Waals surface area (Å²) in [4.78, 5) is 18.0. The molecule has 3 aromatic heterocycles. The van der Waals surface area contributed by atoms with E-state index in [0.29, 0.717) is 42.5 Å². The van der Waals surface area contributed by atoms with Crippen LogP contribution in [0.15, 0.2) is 24.7 Å². The fourth-order valence-corrected chi connectivity index (χ4v) is 4.66. The normalized spacial score (nSPS) is 25.0. The van der Waals surface area contributed by atoms with E-state index in [-0.39, 0.29) is 6.54 Å². The molecule has 2 aliphatic heterocycles. The molecule has 2 saturated heterocycles. The summed E-state index contributed by atoms with van der Waals surface area (Å²) >= 11 is 0. The maximum absolute atomic E-state index is 14.6. The van der Waals surface area contributed by atoms with Crippen LogP contribution < -0.4 is 15.1 Å². The van der Waals surface area contributed by atoms with Crippen LogP contribution >= 0.6 is 0 Å². The maximum Gasteiger partial charge on any atom is 0.247 e. The minimum Gasteiger partial charge on any atom is -0.390 e. The molecule has 0 aromatic carbocycles. The van der Waals surface area contributed by atoms with Gasteiger partial charge in [-0.3, -0.25) is 0 Å². The molecule has 0 radical (unpaired) electrons. The van der Waals surface area contributed by atoms with Crippen molar-refractivity contribution in [1.82, 2.24) is 25.1 Å². The van der Waals surface area contributed by atoms with Crippen molar-refractivity contribution in [2.75, 3.05) is 34.8 Å². The third-order valence-corrected chi connectivity index (χ3v) is 6.95. The lowest BCUT2D eigenvalue weighted by Gasteiger charge is -2.40. The molecule has 0 unspecified atom stereocenters. The van der Waals surface area contributed by atoms with Gasteiger partial charge < -0.3 is 20.2 Å². The van der Waals surface area contributed by atoms with E-state index in [9.17, 15) is 9.50 Å². The van der Waals surface area contributed by atoms with Crippen molar-refractivity contribution in [3.05, 3.63) is 30.2 Å². The molecule has 2 fully saturated rings. The number of pyridine rings is 2. The number of nitrogens with one attached hydrogen (secondary N) is 1. The lowest BCUT2D eigenvalue weighted by atomic mass is 9.94. The van der Waals surface area contributed by atoms with Gasteiger partial charge in [-0.15, -0.1) is 5.10 Å². The van der Waals surface area contributed by atoms with Crippen LogP contribution in [0.1, 0.15) is 52.0 Å². The van der Waals surface area contributed by atoms with E-state index in [0.717, 1.165) is 28.7 Å². The Kier molecular flexibility index (Phi) is 5.71. The summed E-state index contributed by atoms with van der Waals surface area (Å²) in [5.41, 5.74) is -0.564. The van der Waals surface area contributed by atoms with Crippen LogP contribution in [0.3, 0.4) is 0 Å². The first kappa shape index (κ1) is 22.6. The highest BCUT2D eigenvalue weighted by Gasteiger charge is 2.40. The summed E-state index contributed by atoms with van der Waals surface area (Å²) in [5.74, 6) is 2.72. The monoisotopic (exact) mass is 466 g/mol. The minimum atomic E-state index is -1.72. The molecule has 3 aromatic rings. The number of rotatable bonds is 5. The lowest BCUT2D eigenvalue weighted by Crippen LogP contribution is -2.53. The van der Waals surface area contributed by atoms with E-state index in [1.807, 2.05) is 18.5 Å². The van der Waals surface area contributed by atoms with Gasteiger partial charge in [0.2, 0.25) is 5.95 Å². The van der Waals surface area contributed by atoms with E-state index in [1.165, 1.54) is 19.5 Å². The molecule has 0 bridgehead atoms. The Morgan fingerprint density at radius 3 is 2.62 bits per heavy atom. The Labute approximate surface area is 198 Å². The van der Waals surface area contributed by atoms with Gasteiger partial charge >= 0.3 is 0 Å². The zero-order valence-electron chi connectivity index (χ0n) is 20.0. The Hall–Kier alpha value is -3.14. The molecule has 34 heavy (non-hydrogen) atoms. The first-order valence-electron chi connectivity index (χ1n) is 11.9. The van der Waals surface area contributed by atoms with Gasteiger partial charge in [0.1, 0.15) is 11.6 Å². The number of fused-ring (bicyclic) bond motifs is 1. The predicted octanol–water partition coefficient (Wildman–Crippen LogP) is 3.58. The number of piperidine rings is 1. The average molecular weight is 467 g/mol. The average Bonchev–Trinajstić information content (AvgIpc) is 2.79. The van der Waals surface area contributed by atoms with Gasteiger partial charge in [0.25, 0.3) is 0 Å². The second kappa shape index (κ2) is 8.57. The summed E-state index contributed by atoms with van der Waals surface area (Å²) in [6.45, 7) is 9.40. The quantitative estimate of drug-likeness (QED) is 0.584. The zero-order valence-corrected chi connectivity index (χ0v) is 20.0. The van der Waals surface area contributed by atoms with Crippen molar-refractivity contribution in [2.24, 2.45) is 0 Å². The Morgan fingerprint density at radius 1 is 1.12 bits per heavy atom. The zero-order chi connectivity index (χ0) is 24.0. The standard InChI is InChI=1S/C24H31FN8O/c1-14(2)17-10-27-22(33-8-5-15(33)3)18-11-26-20(9-16(17)18)29-21-12-28-31-23(30-21)32-7-6-19(34)24(4,25)13-32/h9-12,14-15,19,34H,5-8,13H2,1-4H3,(H,26,29,30,31)/t15-,19-,24+/m1/s1. The van der Waals surface area contributed by atoms with Gasteiger partial charge in [0, 0.05) is 36.9 Å². The third kappa shape index (κ3) is 4.11.